The molecular formula is C5H5IO2. The Kier molecular flexibility index (Phi) is 1.88. The van der Waals surface area contributed by atoms with Gasteiger partial charge in [0.1, 0.15) is 0 Å². The van der Waals surface area contributed by atoms with E-state index < -0.39 is 0 Å². The number of esters is 1. The van der Waals surface area contributed by atoms with Crippen LogP contribution >= 0.6 is 22.6 Å². The molecule has 0 spiro atoms. The average molecular weight is 224 g/mol. The average Bonchev–Trinajstić information content (AvgIpc) is 1.77. The summed E-state index contributed by atoms with van der Waals surface area (Å²) in [5.41, 5.74) is 0. The molecule has 44 valence electrons. The molecule has 0 unspecified atom stereocenters. The smallest absolute Gasteiger partial charge is 0.344 e. The maximum absolute atomic E-state index is 10.5. The van der Waals surface area contributed by atoms with Crippen molar-refractivity contribution in [2.75, 3.05) is 6.61 Å². The zero-order chi connectivity index (χ0) is 5.98. The second-order valence-corrected chi connectivity index (χ2v) is 2.64. The maximum Gasteiger partial charge on any atom is 0.344 e. The molecule has 1 heterocycles. The van der Waals surface area contributed by atoms with E-state index in [4.69, 9.17) is 0 Å². The molecule has 0 atom stereocenters. The van der Waals surface area contributed by atoms with Gasteiger partial charge in [-0.05, 0) is 22.6 Å². The summed E-state index contributed by atoms with van der Waals surface area (Å²) in [6.07, 6.45) is 2.75. The van der Waals surface area contributed by atoms with E-state index in [-0.39, 0.29) is 5.97 Å². The van der Waals surface area contributed by atoms with Crippen LogP contribution in [-0.2, 0) is 9.53 Å². The van der Waals surface area contributed by atoms with Crippen LogP contribution in [0.4, 0.5) is 0 Å². The third kappa shape index (κ3) is 1.21. The molecule has 0 fully saturated rings. The van der Waals surface area contributed by atoms with E-state index in [9.17, 15) is 4.79 Å². The number of rotatable bonds is 0. The van der Waals surface area contributed by atoms with Gasteiger partial charge in [-0.3, -0.25) is 0 Å². The minimum absolute atomic E-state index is 0.183. The number of carbonyl (C=O) groups excluding carboxylic acids is 1. The van der Waals surface area contributed by atoms with Gasteiger partial charge in [0, 0.05) is 6.42 Å². The normalized spacial score (nSPS) is 19.6. The standard InChI is InChI=1S/C5H5IO2/c6-4-2-1-3-8-5(4)7/h2H,1,3H2. The first-order valence-electron chi connectivity index (χ1n) is 2.33. The van der Waals surface area contributed by atoms with Crippen molar-refractivity contribution in [2.45, 2.75) is 6.42 Å². The molecule has 0 radical (unpaired) electrons. The maximum atomic E-state index is 10.5. The minimum Gasteiger partial charge on any atom is -0.461 e. The molecule has 0 aromatic carbocycles. The van der Waals surface area contributed by atoms with Gasteiger partial charge in [0.2, 0.25) is 0 Å². The minimum atomic E-state index is -0.183. The Hall–Kier alpha value is -0.0600. The first-order valence-corrected chi connectivity index (χ1v) is 3.41. The summed E-state index contributed by atoms with van der Waals surface area (Å²) in [7, 11) is 0. The van der Waals surface area contributed by atoms with Crippen LogP contribution in [0.3, 0.4) is 0 Å². The van der Waals surface area contributed by atoms with Crippen molar-refractivity contribution in [2.24, 2.45) is 0 Å². The van der Waals surface area contributed by atoms with Crippen molar-refractivity contribution in [3.8, 4) is 0 Å². The second kappa shape index (κ2) is 2.48. The monoisotopic (exact) mass is 224 g/mol. The number of halogens is 1. The van der Waals surface area contributed by atoms with Gasteiger partial charge in [0.15, 0.2) is 0 Å². The Balaban J connectivity index is 2.67. The molecule has 0 aromatic heterocycles. The van der Waals surface area contributed by atoms with Crippen molar-refractivity contribution in [3.63, 3.8) is 0 Å². The van der Waals surface area contributed by atoms with Gasteiger partial charge in [-0.1, -0.05) is 6.08 Å². The number of hydrogen-bond donors (Lipinski definition) is 0. The van der Waals surface area contributed by atoms with Crippen LogP contribution in [0.5, 0.6) is 0 Å². The molecule has 0 saturated heterocycles. The van der Waals surface area contributed by atoms with E-state index in [0.29, 0.717) is 10.2 Å². The molecule has 0 bridgehead atoms. The summed E-state index contributed by atoms with van der Waals surface area (Å²) >= 11 is 1.97. The van der Waals surface area contributed by atoms with E-state index in [1.807, 2.05) is 28.7 Å². The SMILES string of the molecule is O=C1OCCC=C1I. The van der Waals surface area contributed by atoms with E-state index in [2.05, 4.69) is 4.74 Å². The Labute approximate surface area is 61.0 Å². The highest BCUT2D eigenvalue weighted by Gasteiger charge is 2.09. The second-order valence-electron chi connectivity index (χ2n) is 1.48. The third-order valence-electron chi connectivity index (χ3n) is 0.870. The van der Waals surface area contributed by atoms with Crippen LogP contribution in [0.1, 0.15) is 6.42 Å². The Morgan fingerprint density at radius 3 is 2.88 bits per heavy atom. The number of carbonyl (C=O) groups is 1. The molecule has 0 aromatic rings. The fraction of sp³-hybridized carbons (Fsp3) is 0.400. The van der Waals surface area contributed by atoms with Gasteiger partial charge in [-0.2, -0.15) is 0 Å². The highest BCUT2D eigenvalue weighted by Crippen LogP contribution is 2.13. The first-order chi connectivity index (χ1) is 3.80. The lowest BCUT2D eigenvalue weighted by Crippen LogP contribution is -2.09. The van der Waals surface area contributed by atoms with Crippen molar-refractivity contribution in [1.29, 1.82) is 0 Å². The lowest BCUT2D eigenvalue weighted by molar-refractivity contribution is -0.138. The van der Waals surface area contributed by atoms with Crippen LogP contribution in [0.2, 0.25) is 0 Å². The summed E-state index contributed by atoms with van der Waals surface area (Å²) in [6, 6.07) is 0. The Morgan fingerprint density at radius 2 is 2.50 bits per heavy atom. The zero-order valence-corrected chi connectivity index (χ0v) is 6.34. The largest absolute Gasteiger partial charge is 0.461 e. The summed E-state index contributed by atoms with van der Waals surface area (Å²) in [5.74, 6) is -0.183. The van der Waals surface area contributed by atoms with Gasteiger partial charge in [0.05, 0.1) is 10.2 Å². The molecule has 2 nitrogen and oxygen atoms in total. The van der Waals surface area contributed by atoms with Gasteiger partial charge in [-0.15, -0.1) is 0 Å². The molecule has 1 aliphatic rings. The van der Waals surface area contributed by atoms with Crippen molar-refractivity contribution in [3.05, 3.63) is 9.66 Å². The van der Waals surface area contributed by atoms with E-state index >= 15 is 0 Å². The Bertz CT molecular complexity index is 139. The van der Waals surface area contributed by atoms with Crippen LogP contribution < -0.4 is 0 Å². The molecule has 1 aliphatic heterocycles. The summed E-state index contributed by atoms with van der Waals surface area (Å²) in [4.78, 5) is 10.5. The zero-order valence-electron chi connectivity index (χ0n) is 4.19. The number of cyclic esters (lactones) is 1. The topological polar surface area (TPSA) is 26.3 Å². The van der Waals surface area contributed by atoms with Gasteiger partial charge in [0.25, 0.3) is 0 Å². The third-order valence-corrected chi connectivity index (χ3v) is 1.75. The van der Waals surface area contributed by atoms with Crippen LogP contribution in [-0.4, -0.2) is 12.6 Å². The Morgan fingerprint density at radius 1 is 1.75 bits per heavy atom. The highest BCUT2D eigenvalue weighted by atomic mass is 127. The predicted molar refractivity (Wildman–Crippen MR) is 37.7 cm³/mol. The molecule has 0 N–H and O–H groups in total. The lowest BCUT2D eigenvalue weighted by Gasteiger charge is -2.06. The quantitative estimate of drug-likeness (QED) is 0.457. The lowest BCUT2D eigenvalue weighted by atomic mass is 10.3. The van der Waals surface area contributed by atoms with Crippen molar-refractivity contribution >= 4 is 28.6 Å². The molecule has 8 heavy (non-hydrogen) atoms. The molecule has 0 aliphatic carbocycles. The number of ether oxygens (including phenoxy) is 1. The molecule has 3 heteroatoms. The number of hydrogen-bond acceptors (Lipinski definition) is 2. The summed E-state index contributed by atoms with van der Waals surface area (Å²) < 4.78 is 5.38. The van der Waals surface area contributed by atoms with Crippen LogP contribution in [0, 0.1) is 0 Å². The van der Waals surface area contributed by atoms with Crippen LogP contribution in [0.15, 0.2) is 9.66 Å². The molecular weight excluding hydrogens is 219 g/mol. The highest BCUT2D eigenvalue weighted by molar-refractivity contribution is 14.1. The van der Waals surface area contributed by atoms with Gasteiger partial charge < -0.3 is 4.74 Å². The molecule has 0 saturated carbocycles. The first kappa shape index (κ1) is 6.07. The van der Waals surface area contributed by atoms with E-state index in [0.717, 1.165) is 6.42 Å². The van der Waals surface area contributed by atoms with Crippen molar-refractivity contribution < 1.29 is 9.53 Å². The van der Waals surface area contributed by atoms with Gasteiger partial charge >= 0.3 is 5.97 Å². The van der Waals surface area contributed by atoms with E-state index in [1.165, 1.54) is 0 Å². The fourth-order valence-corrected chi connectivity index (χ4v) is 0.957. The van der Waals surface area contributed by atoms with Gasteiger partial charge in [-0.25, -0.2) is 4.79 Å². The predicted octanol–water partition coefficient (Wildman–Crippen LogP) is 1.25. The summed E-state index contributed by atoms with van der Waals surface area (Å²) in [5, 5.41) is 0. The molecule has 0 amide bonds. The van der Waals surface area contributed by atoms with Crippen molar-refractivity contribution in [1.82, 2.24) is 0 Å². The summed E-state index contributed by atoms with van der Waals surface area (Å²) in [6.45, 7) is 0.547. The van der Waals surface area contributed by atoms with E-state index in [1.54, 1.807) is 0 Å². The molecule has 1 rings (SSSR count). The fourth-order valence-electron chi connectivity index (χ4n) is 0.490. The van der Waals surface area contributed by atoms with Crippen LogP contribution in [0.25, 0.3) is 0 Å².